The van der Waals surface area contributed by atoms with Crippen molar-refractivity contribution in [1.82, 2.24) is 4.31 Å². The Labute approximate surface area is 111 Å². The van der Waals surface area contributed by atoms with Gasteiger partial charge in [-0.1, -0.05) is 25.0 Å². The third kappa shape index (κ3) is 3.61. The quantitative estimate of drug-likeness (QED) is 0.514. The molecule has 18 heavy (non-hydrogen) atoms. The van der Waals surface area contributed by atoms with Crippen LogP contribution in [0.25, 0.3) is 0 Å². The predicted molar refractivity (Wildman–Crippen MR) is 74.4 cm³/mol. The summed E-state index contributed by atoms with van der Waals surface area (Å²) in [6, 6.07) is 6.74. The number of anilines is 1. The Morgan fingerprint density at radius 1 is 1.17 bits per heavy atom. The van der Waals surface area contributed by atoms with Crippen LogP contribution in [0.5, 0.6) is 0 Å². The molecule has 1 aliphatic heterocycles. The van der Waals surface area contributed by atoms with Crippen LogP contribution in [0.2, 0.25) is 0 Å². The number of hydrogen-bond acceptors (Lipinski definition) is 5. The highest BCUT2D eigenvalue weighted by molar-refractivity contribution is 7.98. The Hall–Kier alpha value is -1.27. The summed E-state index contributed by atoms with van der Waals surface area (Å²) in [7, 11) is 0. The van der Waals surface area contributed by atoms with Crippen LogP contribution in [0, 0.1) is 10.1 Å². The number of nitrogens with one attached hydrogen (secondary N) is 1. The molecule has 1 aromatic carbocycles. The van der Waals surface area contributed by atoms with Gasteiger partial charge in [-0.25, -0.2) is 4.31 Å². The highest BCUT2D eigenvalue weighted by Gasteiger charge is 2.14. The van der Waals surface area contributed by atoms with Crippen molar-refractivity contribution in [2.75, 3.05) is 17.8 Å². The monoisotopic (exact) mass is 267 g/mol. The second-order valence-corrected chi connectivity index (χ2v) is 5.21. The Morgan fingerprint density at radius 2 is 1.83 bits per heavy atom. The molecule has 1 N–H and O–H groups in total. The van der Waals surface area contributed by atoms with Crippen molar-refractivity contribution >= 4 is 23.5 Å². The van der Waals surface area contributed by atoms with Gasteiger partial charge in [0, 0.05) is 31.3 Å². The Morgan fingerprint density at radius 3 is 2.50 bits per heavy atom. The summed E-state index contributed by atoms with van der Waals surface area (Å²) < 4.78 is 5.33. The van der Waals surface area contributed by atoms with E-state index < -0.39 is 0 Å². The Bertz CT molecular complexity index is 406. The van der Waals surface area contributed by atoms with Gasteiger partial charge in [0.2, 0.25) is 0 Å². The third-order valence-corrected chi connectivity index (χ3v) is 3.89. The van der Waals surface area contributed by atoms with E-state index in [0.29, 0.717) is 5.69 Å². The largest absolute Gasteiger partial charge is 0.311 e. The van der Waals surface area contributed by atoms with E-state index in [1.165, 1.54) is 43.9 Å². The van der Waals surface area contributed by atoms with Crippen molar-refractivity contribution < 1.29 is 4.92 Å². The molecule has 2 rings (SSSR count). The second kappa shape index (κ2) is 6.61. The maximum absolute atomic E-state index is 10.9. The molecule has 0 radical (unpaired) electrons. The van der Waals surface area contributed by atoms with E-state index in [4.69, 9.17) is 0 Å². The van der Waals surface area contributed by atoms with Crippen LogP contribution in [-0.4, -0.2) is 22.3 Å². The summed E-state index contributed by atoms with van der Waals surface area (Å²) in [4.78, 5) is 10.5. The van der Waals surface area contributed by atoms with Gasteiger partial charge in [-0.2, -0.15) is 0 Å². The lowest BCUT2D eigenvalue weighted by Gasteiger charge is -2.18. The van der Waals surface area contributed by atoms with Gasteiger partial charge in [0.25, 0.3) is 5.69 Å². The first-order valence-electron chi connectivity index (χ1n) is 6.19. The zero-order valence-electron chi connectivity index (χ0n) is 10.2. The van der Waals surface area contributed by atoms with Crippen LogP contribution in [0.1, 0.15) is 25.7 Å². The molecule has 0 saturated carbocycles. The fraction of sp³-hybridized carbons (Fsp3) is 0.500. The minimum absolute atomic E-state index is 0.125. The van der Waals surface area contributed by atoms with E-state index in [2.05, 4.69) is 9.03 Å². The molecule has 1 saturated heterocycles. The summed E-state index contributed by atoms with van der Waals surface area (Å²) in [5, 5.41) is 10.9. The van der Waals surface area contributed by atoms with Crippen LogP contribution >= 0.6 is 12.1 Å². The zero-order chi connectivity index (χ0) is 12.8. The van der Waals surface area contributed by atoms with Crippen LogP contribution in [0.3, 0.4) is 0 Å². The fourth-order valence-electron chi connectivity index (χ4n) is 1.97. The molecular weight excluding hydrogens is 250 g/mol. The maximum Gasteiger partial charge on any atom is 0.293 e. The van der Waals surface area contributed by atoms with Crippen molar-refractivity contribution in [3.63, 3.8) is 0 Å². The average Bonchev–Trinajstić information content (AvgIpc) is 2.65. The van der Waals surface area contributed by atoms with Gasteiger partial charge in [-0.05, 0) is 18.9 Å². The Balaban J connectivity index is 1.94. The van der Waals surface area contributed by atoms with E-state index in [1.807, 2.05) is 0 Å². The van der Waals surface area contributed by atoms with E-state index in [0.717, 1.165) is 13.1 Å². The van der Waals surface area contributed by atoms with Crippen molar-refractivity contribution in [3.05, 3.63) is 34.4 Å². The number of benzene rings is 1. The zero-order valence-corrected chi connectivity index (χ0v) is 11.0. The predicted octanol–water partition coefficient (Wildman–Crippen LogP) is 3.45. The van der Waals surface area contributed by atoms with E-state index >= 15 is 0 Å². The first kappa shape index (κ1) is 13.2. The minimum atomic E-state index is -0.356. The summed E-state index contributed by atoms with van der Waals surface area (Å²) >= 11 is 1.47. The lowest BCUT2D eigenvalue weighted by Crippen LogP contribution is -2.18. The summed E-state index contributed by atoms with van der Waals surface area (Å²) in [5.74, 6) is 0. The highest BCUT2D eigenvalue weighted by atomic mass is 32.2. The van der Waals surface area contributed by atoms with Gasteiger partial charge in [0.15, 0.2) is 0 Å². The van der Waals surface area contributed by atoms with E-state index in [1.54, 1.807) is 18.2 Å². The SMILES string of the molecule is O=[N+]([O-])c1ccccc1NSN1CCCCCC1. The molecule has 1 fully saturated rings. The average molecular weight is 267 g/mol. The van der Waals surface area contributed by atoms with Gasteiger partial charge in [-0.15, -0.1) is 0 Å². The van der Waals surface area contributed by atoms with Crippen molar-refractivity contribution in [2.45, 2.75) is 25.7 Å². The van der Waals surface area contributed by atoms with E-state index in [9.17, 15) is 10.1 Å². The fourth-order valence-corrected chi connectivity index (χ4v) is 2.81. The Kier molecular flexibility index (Phi) is 4.83. The van der Waals surface area contributed by atoms with Crippen LogP contribution in [0.4, 0.5) is 11.4 Å². The normalized spacial score (nSPS) is 17.1. The molecule has 0 aromatic heterocycles. The number of rotatable bonds is 4. The summed E-state index contributed by atoms with van der Waals surface area (Å²) in [6.45, 7) is 2.08. The van der Waals surface area contributed by atoms with Gasteiger partial charge >= 0.3 is 0 Å². The molecule has 6 heteroatoms. The van der Waals surface area contributed by atoms with Crippen LogP contribution in [0.15, 0.2) is 24.3 Å². The molecule has 0 bridgehead atoms. The summed E-state index contributed by atoms with van der Waals surface area (Å²) in [5.41, 5.74) is 0.691. The smallest absolute Gasteiger partial charge is 0.293 e. The first-order valence-corrected chi connectivity index (χ1v) is 6.96. The number of nitro benzene ring substituents is 1. The van der Waals surface area contributed by atoms with Gasteiger partial charge in [0.05, 0.1) is 4.92 Å². The molecular formula is C12H17N3O2S. The van der Waals surface area contributed by atoms with Crippen molar-refractivity contribution in [3.8, 4) is 0 Å². The molecule has 1 aromatic rings. The molecule has 0 spiro atoms. The molecule has 5 nitrogen and oxygen atoms in total. The molecule has 1 heterocycles. The molecule has 98 valence electrons. The van der Waals surface area contributed by atoms with Crippen LogP contribution < -0.4 is 4.72 Å². The van der Waals surface area contributed by atoms with Crippen molar-refractivity contribution in [1.29, 1.82) is 0 Å². The van der Waals surface area contributed by atoms with Gasteiger partial charge in [-0.3, -0.25) is 10.1 Å². The van der Waals surface area contributed by atoms with Crippen molar-refractivity contribution in [2.24, 2.45) is 0 Å². The number of nitro groups is 1. The molecule has 0 atom stereocenters. The molecule has 1 aliphatic rings. The first-order chi connectivity index (χ1) is 8.77. The highest BCUT2D eigenvalue weighted by Crippen LogP contribution is 2.27. The second-order valence-electron chi connectivity index (χ2n) is 4.31. The topological polar surface area (TPSA) is 58.4 Å². The number of hydrogen-bond donors (Lipinski definition) is 1. The lowest BCUT2D eigenvalue weighted by atomic mass is 10.2. The lowest BCUT2D eigenvalue weighted by molar-refractivity contribution is -0.383. The summed E-state index contributed by atoms with van der Waals surface area (Å²) in [6.07, 6.45) is 4.96. The molecule has 0 amide bonds. The van der Waals surface area contributed by atoms with Gasteiger partial charge < -0.3 is 4.72 Å². The number of nitrogens with zero attached hydrogens (tertiary/aromatic N) is 2. The van der Waals surface area contributed by atoms with E-state index in [-0.39, 0.29) is 10.6 Å². The molecule has 0 unspecified atom stereocenters. The third-order valence-electron chi connectivity index (χ3n) is 2.95. The van der Waals surface area contributed by atoms with Crippen LogP contribution in [-0.2, 0) is 0 Å². The number of para-hydroxylation sites is 2. The maximum atomic E-state index is 10.9. The molecule has 0 aliphatic carbocycles. The standard InChI is InChI=1S/C12H17N3O2S/c16-15(17)12-8-4-3-7-11(12)13-18-14-9-5-1-2-6-10-14/h3-4,7-8,13H,1-2,5-6,9-10H2. The minimum Gasteiger partial charge on any atom is -0.311 e. The van der Waals surface area contributed by atoms with Gasteiger partial charge in [0.1, 0.15) is 5.69 Å².